The Bertz CT molecular complexity index is 479. The second-order valence-electron chi connectivity index (χ2n) is 5.48. The lowest BCUT2D eigenvalue weighted by Gasteiger charge is -2.31. The summed E-state index contributed by atoms with van der Waals surface area (Å²) in [5, 5.41) is 13.4. The molecule has 1 aromatic rings. The van der Waals surface area contributed by atoms with Gasteiger partial charge >= 0.3 is 5.97 Å². The molecule has 1 saturated heterocycles. The number of carboxylic acid groups (broad SMARTS) is 1. The van der Waals surface area contributed by atoms with Crippen molar-refractivity contribution in [2.45, 2.75) is 46.2 Å². The zero-order chi connectivity index (χ0) is 14.7. The number of aliphatic carboxylic acids is 1. The van der Waals surface area contributed by atoms with E-state index in [-0.39, 0.29) is 0 Å². The number of carbonyl (C=O) groups is 1. The van der Waals surface area contributed by atoms with E-state index in [1.54, 1.807) is 0 Å². The van der Waals surface area contributed by atoms with Gasteiger partial charge in [-0.2, -0.15) is 5.10 Å². The van der Waals surface area contributed by atoms with Gasteiger partial charge in [-0.05, 0) is 61.6 Å². The molecule has 5 nitrogen and oxygen atoms in total. The summed E-state index contributed by atoms with van der Waals surface area (Å²) in [6, 6.07) is 0. The lowest BCUT2D eigenvalue weighted by molar-refractivity contribution is -0.138. The first-order valence-electron chi connectivity index (χ1n) is 7.17. The molecule has 0 atom stereocenters. The van der Waals surface area contributed by atoms with E-state index in [2.05, 4.69) is 32.9 Å². The quantitative estimate of drug-likeness (QED) is 0.892. The molecule has 112 valence electrons. The third-order valence-corrected chi connectivity index (χ3v) is 5.03. The van der Waals surface area contributed by atoms with Gasteiger partial charge in [0.15, 0.2) is 0 Å². The number of piperidine rings is 1. The van der Waals surface area contributed by atoms with Gasteiger partial charge in [-0.1, -0.05) is 0 Å². The summed E-state index contributed by atoms with van der Waals surface area (Å²) >= 11 is 3.63. The van der Waals surface area contributed by atoms with E-state index in [4.69, 9.17) is 5.11 Å². The molecule has 1 N–H and O–H groups in total. The van der Waals surface area contributed by atoms with Crippen LogP contribution in [0.15, 0.2) is 4.47 Å². The zero-order valence-electron chi connectivity index (χ0n) is 12.1. The highest BCUT2D eigenvalue weighted by molar-refractivity contribution is 9.10. The van der Waals surface area contributed by atoms with E-state index in [0.717, 1.165) is 49.2 Å². The average Bonchev–Trinajstić information content (AvgIpc) is 2.68. The Morgan fingerprint density at radius 2 is 2.10 bits per heavy atom. The second-order valence-corrected chi connectivity index (χ2v) is 6.27. The third-order valence-electron chi connectivity index (χ3n) is 4.00. The summed E-state index contributed by atoms with van der Waals surface area (Å²) in [6.45, 7) is 7.81. The van der Waals surface area contributed by atoms with Crippen LogP contribution >= 0.6 is 15.9 Å². The van der Waals surface area contributed by atoms with E-state index in [1.807, 2.05) is 11.6 Å². The number of halogens is 1. The monoisotopic (exact) mass is 343 g/mol. The van der Waals surface area contributed by atoms with Gasteiger partial charge < -0.3 is 5.11 Å². The van der Waals surface area contributed by atoms with E-state index in [0.29, 0.717) is 12.3 Å². The summed E-state index contributed by atoms with van der Waals surface area (Å²) in [6.07, 6.45) is 2.26. The smallest absolute Gasteiger partial charge is 0.303 e. The van der Waals surface area contributed by atoms with Crippen molar-refractivity contribution in [1.29, 1.82) is 0 Å². The summed E-state index contributed by atoms with van der Waals surface area (Å²) in [5.74, 6) is -0.337. The van der Waals surface area contributed by atoms with Crippen LogP contribution < -0.4 is 0 Å². The van der Waals surface area contributed by atoms with Gasteiger partial charge in [-0.15, -0.1) is 0 Å². The van der Waals surface area contributed by atoms with Crippen LogP contribution in [-0.2, 0) is 17.9 Å². The predicted octanol–water partition coefficient (Wildman–Crippen LogP) is 2.66. The number of nitrogens with zero attached hydrogens (tertiary/aromatic N) is 3. The van der Waals surface area contributed by atoms with Gasteiger partial charge in [0.05, 0.1) is 15.9 Å². The van der Waals surface area contributed by atoms with Crippen LogP contribution in [-0.4, -0.2) is 38.8 Å². The first kappa shape index (κ1) is 15.5. The molecule has 1 aliphatic heterocycles. The van der Waals surface area contributed by atoms with Crippen molar-refractivity contribution in [3.63, 3.8) is 0 Å². The van der Waals surface area contributed by atoms with Crippen LogP contribution in [0.3, 0.4) is 0 Å². The molecule has 0 saturated carbocycles. The maximum Gasteiger partial charge on any atom is 0.303 e. The fourth-order valence-electron chi connectivity index (χ4n) is 2.83. The molecule has 0 spiro atoms. The van der Waals surface area contributed by atoms with Crippen molar-refractivity contribution < 1.29 is 9.90 Å². The molecule has 1 aliphatic rings. The number of carboxylic acids is 1. The highest BCUT2D eigenvalue weighted by atomic mass is 79.9. The first-order chi connectivity index (χ1) is 9.51. The lowest BCUT2D eigenvalue weighted by Crippen LogP contribution is -2.34. The maximum atomic E-state index is 10.7. The molecule has 0 radical (unpaired) electrons. The second kappa shape index (κ2) is 6.72. The number of aromatic nitrogens is 2. The van der Waals surface area contributed by atoms with Crippen LogP contribution in [0.4, 0.5) is 0 Å². The Morgan fingerprint density at radius 3 is 2.65 bits per heavy atom. The van der Waals surface area contributed by atoms with Crippen LogP contribution in [0, 0.1) is 12.8 Å². The minimum absolute atomic E-state index is 0.309. The molecule has 1 fully saturated rings. The molecule has 0 unspecified atom stereocenters. The molecule has 20 heavy (non-hydrogen) atoms. The highest BCUT2D eigenvalue weighted by Gasteiger charge is 2.23. The highest BCUT2D eigenvalue weighted by Crippen LogP contribution is 2.26. The number of hydrogen-bond donors (Lipinski definition) is 1. The third kappa shape index (κ3) is 3.61. The average molecular weight is 344 g/mol. The molecule has 0 aliphatic carbocycles. The zero-order valence-corrected chi connectivity index (χ0v) is 13.7. The minimum Gasteiger partial charge on any atom is -0.481 e. The van der Waals surface area contributed by atoms with Crippen molar-refractivity contribution in [2.24, 2.45) is 5.92 Å². The molecule has 0 amide bonds. The van der Waals surface area contributed by atoms with Crippen molar-refractivity contribution in [3.8, 4) is 0 Å². The molecule has 6 heteroatoms. The van der Waals surface area contributed by atoms with E-state index >= 15 is 0 Å². The van der Waals surface area contributed by atoms with Crippen molar-refractivity contribution in [3.05, 3.63) is 15.9 Å². The maximum absolute atomic E-state index is 10.7. The van der Waals surface area contributed by atoms with E-state index in [1.165, 1.54) is 5.69 Å². The summed E-state index contributed by atoms with van der Waals surface area (Å²) in [5.41, 5.74) is 2.25. The van der Waals surface area contributed by atoms with Gasteiger partial charge in [0.1, 0.15) is 0 Å². The number of hydrogen-bond acceptors (Lipinski definition) is 3. The standard InChI is InChI=1S/C14H22BrN3O2/c1-3-18-12(14(15)10(2)16-18)9-17-6-4-11(5-7-17)8-13(19)20/h11H,3-9H2,1-2H3,(H,19,20). The van der Waals surface area contributed by atoms with Gasteiger partial charge in [0.25, 0.3) is 0 Å². The van der Waals surface area contributed by atoms with Gasteiger partial charge in [-0.25, -0.2) is 0 Å². The Hall–Kier alpha value is -0.880. The largest absolute Gasteiger partial charge is 0.481 e. The molecule has 1 aromatic heterocycles. The topological polar surface area (TPSA) is 58.4 Å². The summed E-state index contributed by atoms with van der Waals surface area (Å²) in [4.78, 5) is 13.1. The van der Waals surface area contributed by atoms with Crippen molar-refractivity contribution in [1.82, 2.24) is 14.7 Å². The number of aryl methyl sites for hydroxylation is 2. The van der Waals surface area contributed by atoms with Crippen LogP contribution in [0.5, 0.6) is 0 Å². The molecular formula is C14H22BrN3O2. The summed E-state index contributed by atoms with van der Waals surface area (Å²) in [7, 11) is 0. The lowest BCUT2D eigenvalue weighted by atomic mass is 9.93. The van der Waals surface area contributed by atoms with Crippen molar-refractivity contribution >= 4 is 21.9 Å². The Morgan fingerprint density at radius 1 is 1.45 bits per heavy atom. The molecule has 2 heterocycles. The fourth-order valence-corrected chi connectivity index (χ4v) is 3.24. The predicted molar refractivity (Wildman–Crippen MR) is 80.6 cm³/mol. The first-order valence-corrected chi connectivity index (χ1v) is 7.96. The molecule has 0 aromatic carbocycles. The van der Waals surface area contributed by atoms with Crippen molar-refractivity contribution in [2.75, 3.05) is 13.1 Å². The Labute approximate surface area is 128 Å². The molecule has 0 bridgehead atoms. The normalized spacial score (nSPS) is 17.6. The SMILES string of the molecule is CCn1nc(C)c(Br)c1CN1CCC(CC(=O)O)CC1. The summed E-state index contributed by atoms with van der Waals surface area (Å²) < 4.78 is 3.15. The van der Waals surface area contributed by atoms with Crippen LogP contribution in [0.25, 0.3) is 0 Å². The minimum atomic E-state index is -0.675. The van der Waals surface area contributed by atoms with Gasteiger partial charge in [-0.3, -0.25) is 14.4 Å². The van der Waals surface area contributed by atoms with Gasteiger partial charge in [0.2, 0.25) is 0 Å². The molecule has 2 rings (SSSR count). The van der Waals surface area contributed by atoms with E-state index < -0.39 is 5.97 Å². The molecular weight excluding hydrogens is 322 g/mol. The Kier molecular flexibility index (Phi) is 5.21. The van der Waals surface area contributed by atoms with Gasteiger partial charge in [0, 0.05) is 19.5 Å². The van der Waals surface area contributed by atoms with E-state index in [9.17, 15) is 4.79 Å². The Balaban J connectivity index is 1.94. The van der Waals surface area contributed by atoms with Crippen LogP contribution in [0.1, 0.15) is 37.6 Å². The van der Waals surface area contributed by atoms with Crippen LogP contribution in [0.2, 0.25) is 0 Å². The number of rotatable bonds is 5. The fraction of sp³-hybridized carbons (Fsp3) is 0.714. The number of likely N-dealkylation sites (tertiary alicyclic amines) is 1.